The molecular formula is C47H61N5O12. The highest BCUT2D eigenvalue weighted by Gasteiger charge is 2.37. The number of alkyl carbamates (subject to hydrolysis) is 1. The number of rotatable bonds is 21. The molecule has 5 atom stereocenters. The fraction of sp³-hybridized carbons (Fsp3) is 0.468. The maximum Gasteiger partial charge on any atom is 0.408 e. The predicted octanol–water partition coefficient (Wildman–Crippen LogP) is 3.82. The van der Waals surface area contributed by atoms with E-state index in [1.807, 2.05) is 42.5 Å². The lowest BCUT2D eigenvalue weighted by atomic mass is 9.88. The number of carbonyl (C=O) groups excluding carboxylic acids is 6. The van der Waals surface area contributed by atoms with Crippen LogP contribution in [0.15, 0.2) is 91.0 Å². The lowest BCUT2D eigenvalue weighted by molar-refractivity contribution is -0.160. The predicted molar refractivity (Wildman–Crippen MR) is 235 cm³/mol. The molecule has 3 aromatic rings. The molecule has 6 amide bonds. The highest BCUT2D eigenvalue weighted by Crippen LogP contribution is 2.23. The second-order valence-electron chi connectivity index (χ2n) is 16.9. The quantitative estimate of drug-likeness (QED) is 0.0963. The number of nitrogens with zero attached hydrogens (tertiary/aromatic N) is 1. The Morgan fingerprint density at radius 3 is 1.78 bits per heavy atom. The zero-order valence-corrected chi connectivity index (χ0v) is 37.1. The summed E-state index contributed by atoms with van der Waals surface area (Å²) in [5, 5.41) is 20.0. The van der Waals surface area contributed by atoms with Gasteiger partial charge in [-0.1, -0.05) is 105 Å². The minimum atomic E-state index is -1.30. The summed E-state index contributed by atoms with van der Waals surface area (Å²) in [5.74, 6) is -5.74. The van der Waals surface area contributed by atoms with E-state index < -0.39 is 96.7 Å². The topological polar surface area (TPSA) is 228 Å². The molecule has 1 aliphatic rings. The number of carbonyl (C=O) groups is 7. The number of nitrogens with one attached hydrogen (secondary N) is 4. The molecule has 64 heavy (non-hydrogen) atoms. The van der Waals surface area contributed by atoms with E-state index >= 15 is 0 Å². The summed E-state index contributed by atoms with van der Waals surface area (Å²) in [6.45, 7) is 8.28. The first-order chi connectivity index (χ1) is 30.5. The Morgan fingerprint density at radius 1 is 0.703 bits per heavy atom. The van der Waals surface area contributed by atoms with Crippen molar-refractivity contribution in [2.45, 2.75) is 90.1 Å². The number of hydrogen-bond acceptors (Lipinski definition) is 11. The second-order valence-corrected chi connectivity index (χ2v) is 16.9. The van der Waals surface area contributed by atoms with Crippen molar-refractivity contribution in [3.63, 3.8) is 0 Å². The van der Waals surface area contributed by atoms with Crippen LogP contribution in [0.3, 0.4) is 0 Å². The Balaban J connectivity index is 1.66. The molecule has 1 aliphatic heterocycles. The average molecular weight is 888 g/mol. The normalized spacial score (nSPS) is 15.1. The van der Waals surface area contributed by atoms with E-state index in [1.165, 1.54) is 4.90 Å². The first kappa shape index (κ1) is 50.3. The smallest absolute Gasteiger partial charge is 0.408 e. The molecule has 5 unspecified atom stereocenters. The molecule has 4 rings (SSSR count). The number of urea groups is 1. The van der Waals surface area contributed by atoms with E-state index in [4.69, 9.17) is 24.1 Å². The van der Waals surface area contributed by atoms with Crippen molar-refractivity contribution in [1.29, 1.82) is 0 Å². The third-order valence-electron chi connectivity index (χ3n) is 10.1. The zero-order chi connectivity index (χ0) is 46.6. The molecule has 17 heteroatoms. The monoisotopic (exact) mass is 887 g/mol. The number of carboxylic acids is 1. The van der Waals surface area contributed by atoms with Crippen molar-refractivity contribution in [1.82, 2.24) is 26.2 Å². The van der Waals surface area contributed by atoms with Crippen molar-refractivity contribution in [2.24, 2.45) is 11.8 Å². The Kier molecular flexibility index (Phi) is 19.7. The maximum absolute atomic E-state index is 14.7. The molecule has 17 nitrogen and oxygen atoms in total. The first-order valence-corrected chi connectivity index (χ1v) is 21.4. The summed E-state index contributed by atoms with van der Waals surface area (Å²) in [4.78, 5) is 95.0. The minimum absolute atomic E-state index is 0.0425. The Labute approximate surface area is 373 Å². The van der Waals surface area contributed by atoms with E-state index in [2.05, 4.69) is 21.3 Å². The Hall–Kier alpha value is -6.33. The first-order valence-electron chi connectivity index (χ1n) is 21.4. The van der Waals surface area contributed by atoms with Gasteiger partial charge in [-0.05, 0) is 62.6 Å². The van der Waals surface area contributed by atoms with E-state index in [0.717, 1.165) is 11.1 Å². The molecule has 1 fully saturated rings. The molecular weight excluding hydrogens is 827 g/mol. The third kappa shape index (κ3) is 17.8. The largest absolute Gasteiger partial charge is 0.480 e. The number of benzene rings is 3. The highest BCUT2D eigenvalue weighted by atomic mass is 16.6. The van der Waals surface area contributed by atoms with Gasteiger partial charge in [-0.25, -0.2) is 19.2 Å². The molecule has 5 N–H and O–H groups in total. The molecule has 1 saturated heterocycles. The van der Waals surface area contributed by atoms with Gasteiger partial charge in [0.15, 0.2) is 0 Å². The summed E-state index contributed by atoms with van der Waals surface area (Å²) in [6.07, 6.45) is -1.94. The minimum Gasteiger partial charge on any atom is -0.480 e. The summed E-state index contributed by atoms with van der Waals surface area (Å²) >= 11 is 0. The summed E-state index contributed by atoms with van der Waals surface area (Å²) in [7, 11) is 0. The van der Waals surface area contributed by atoms with Gasteiger partial charge in [0.2, 0.25) is 11.8 Å². The lowest BCUT2D eigenvalue weighted by Crippen LogP contribution is -2.58. The second kappa shape index (κ2) is 25.1. The van der Waals surface area contributed by atoms with Gasteiger partial charge in [0.25, 0.3) is 5.91 Å². The Bertz CT molecular complexity index is 1990. The number of aliphatic carboxylic acids is 1. The number of esters is 1. The molecule has 0 radical (unpaired) electrons. The van der Waals surface area contributed by atoms with Crippen LogP contribution < -0.4 is 21.3 Å². The standard InChI is InChI=1S/C47H61N5O12/c1-31(2)41(44(58)48-37(27-34-19-13-8-14-20-34)43(57)51-45(59)52-21-23-61-24-22-52)50-42(56)35(25-32-15-9-6-10-16-32)28-38(63-40(55)30-62-29-39(53)54)36(26-33-17-11-7-12-18-33)49-46(60)64-47(3,4)5/h6-20,31,35-38,41H,21-30H2,1-5H3,(H,48,58)(H,49,60)(H,50,56)(H,53,54)(H,51,57,59). The van der Waals surface area contributed by atoms with Gasteiger partial charge >= 0.3 is 24.1 Å². The number of ether oxygens (including phenoxy) is 4. The van der Waals surface area contributed by atoms with Crippen LogP contribution in [-0.4, -0.2) is 121 Å². The molecule has 346 valence electrons. The van der Waals surface area contributed by atoms with Gasteiger partial charge in [-0.2, -0.15) is 0 Å². The molecule has 0 saturated carbocycles. The van der Waals surface area contributed by atoms with Crippen LogP contribution in [-0.2, 0) is 62.2 Å². The molecule has 3 aromatic carbocycles. The van der Waals surface area contributed by atoms with Crippen molar-refractivity contribution >= 4 is 41.8 Å². The Morgan fingerprint density at radius 2 is 1.25 bits per heavy atom. The van der Waals surface area contributed by atoms with Gasteiger partial charge in [0.1, 0.15) is 37.0 Å². The van der Waals surface area contributed by atoms with Crippen molar-refractivity contribution in [3.8, 4) is 0 Å². The van der Waals surface area contributed by atoms with Crippen LogP contribution >= 0.6 is 0 Å². The molecule has 0 bridgehead atoms. The van der Waals surface area contributed by atoms with Gasteiger partial charge in [-0.15, -0.1) is 0 Å². The molecule has 1 heterocycles. The molecule has 0 spiro atoms. The van der Waals surface area contributed by atoms with Gasteiger partial charge < -0.3 is 44.9 Å². The van der Waals surface area contributed by atoms with E-state index in [-0.39, 0.29) is 25.7 Å². The maximum atomic E-state index is 14.7. The summed E-state index contributed by atoms with van der Waals surface area (Å²) in [5.41, 5.74) is 1.33. The van der Waals surface area contributed by atoms with E-state index in [9.17, 15) is 33.6 Å². The van der Waals surface area contributed by atoms with Gasteiger partial charge in [-0.3, -0.25) is 19.7 Å². The van der Waals surface area contributed by atoms with Crippen LogP contribution in [0, 0.1) is 11.8 Å². The molecule has 0 aliphatic carbocycles. The summed E-state index contributed by atoms with van der Waals surface area (Å²) in [6, 6.07) is 23.1. The lowest BCUT2D eigenvalue weighted by Gasteiger charge is -2.32. The number of hydrogen-bond donors (Lipinski definition) is 5. The van der Waals surface area contributed by atoms with Crippen LogP contribution in [0.2, 0.25) is 0 Å². The summed E-state index contributed by atoms with van der Waals surface area (Å²) < 4.78 is 21.9. The SMILES string of the molecule is CC(C)C(NC(=O)C(Cc1ccccc1)CC(OC(=O)COCC(=O)O)C(Cc1ccccc1)NC(=O)OC(C)(C)C)C(=O)NC(Cc1ccccc1)C(=O)NC(=O)N1CCOCC1. The zero-order valence-electron chi connectivity index (χ0n) is 37.1. The van der Waals surface area contributed by atoms with Crippen molar-refractivity contribution in [3.05, 3.63) is 108 Å². The van der Waals surface area contributed by atoms with Crippen molar-refractivity contribution in [2.75, 3.05) is 39.5 Å². The van der Waals surface area contributed by atoms with Gasteiger partial charge in [0, 0.05) is 25.4 Å². The number of imide groups is 1. The molecule has 0 aromatic heterocycles. The number of amides is 6. The highest BCUT2D eigenvalue weighted by molar-refractivity contribution is 5.99. The fourth-order valence-corrected chi connectivity index (χ4v) is 6.95. The van der Waals surface area contributed by atoms with Crippen LogP contribution in [0.5, 0.6) is 0 Å². The number of carboxylic acid groups (broad SMARTS) is 1. The van der Waals surface area contributed by atoms with Crippen LogP contribution in [0.1, 0.15) is 57.7 Å². The van der Waals surface area contributed by atoms with E-state index in [0.29, 0.717) is 31.9 Å². The number of morpholine rings is 1. The van der Waals surface area contributed by atoms with Crippen LogP contribution in [0.4, 0.5) is 9.59 Å². The van der Waals surface area contributed by atoms with Gasteiger partial charge in [0.05, 0.1) is 19.3 Å². The van der Waals surface area contributed by atoms with E-state index in [1.54, 1.807) is 83.1 Å². The average Bonchev–Trinajstić information content (AvgIpc) is 3.25. The van der Waals surface area contributed by atoms with Crippen LogP contribution in [0.25, 0.3) is 0 Å². The third-order valence-corrected chi connectivity index (χ3v) is 10.1. The fourth-order valence-electron chi connectivity index (χ4n) is 6.95. The van der Waals surface area contributed by atoms with Crippen molar-refractivity contribution < 1.29 is 57.6 Å².